The molecular formula is C21H16ClN3O2. The summed E-state index contributed by atoms with van der Waals surface area (Å²) in [5, 5.41) is 4.82. The van der Waals surface area contributed by atoms with E-state index in [1.807, 2.05) is 48.8 Å². The first-order chi connectivity index (χ1) is 13.2. The van der Waals surface area contributed by atoms with Gasteiger partial charge in [-0.05, 0) is 54.6 Å². The molecule has 4 rings (SSSR count). The Bertz CT molecular complexity index is 1120. The number of fused-ring (bicyclic) bond motifs is 1. The van der Waals surface area contributed by atoms with Crippen LogP contribution in [0.1, 0.15) is 10.4 Å². The van der Waals surface area contributed by atoms with Crippen LogP contribution in [0.4, 0.5) is 11.4 Å². The van der Waals surface area contributed by atoms with E-state index in [4.69, 9.17) is 16.3 Å². The predicted octanol–water partition coefficient (Wildman–Crippen LogP) is 5.21. The molecule has 0 amide bonds. The van der Waals surface area contributed by atoms with E-state index < -0.39 is 5.97 Å². The van der Waals surface area contributed by atoms with Gasteiger partial charge in [0, 0.05) is 28.5 Å². The van der Waals surface area contributed by atoms with E-state index in [-0.39, 0.29) is 0 Å². The predicted molar refractivity (Wildman–Crippen MR) is 107 cm³/mol. The molecule has 5 nitrogen and oxygen atoms in total. The fraction of sp³-hybridized carbons (Fsp3) is 0.0476. The highest BCUT2D eigenvalue weighted by atomic mass is 35.5. The average molecular weight is 378 g/mol. The summed E-state index contributed by atoms with van der Waals surface area (Å²) in [5.74, 6) is -0.441. The van der Waals surface area contributed by atoms with Crippen LogP contribution in [-0.4, -0.2) is 22.6 Å². The van der Waals surface area contributed by atoms with Gasteiger partial charge in [-0.25, -0.2) is 4.79 Å². The molecule has 1 N–H and O–H groups in total. The van der Waals surface area contributed by atoms with E-state index in [1.165, 1.54) is 7.11 Å². The van der Waals surface area contributed by atoms with Gasteiger partial charge in [0.2, 0.25) is 0 Å². The largest absolute Gasteiger partial charge is 0.465 e. The highest BCUT2D eigenvalue weighted by Gasteiger charge is 2.13. The van der Waals surface area contributed by atoms with Crippen molar-refractivity contribution in [2.75, 3.05) is 12.4 Å². The first-order valence-electron chi connectivity index (χ1n) is 8.32. The van der Waals surface area contributed by atoms with Crippen molar-refractivity contribution in [3.05, 3.63) is 83.8 Å². The van der Waals surface area contributed by atoms with E-state index in [0.29, 0.717) is 16.3 Å². The molecule has 2 aromatic heterocycles. The maximum atomic E-state index is 12.0. The number of nitrogens with zero attached hydrogens (tertiary/aromatic N) is 2. The Morgan fingerprint density at radius 3 is 2.81 bits per heavy atom. The maximum absolute atomic E-state index is 12.0. The molecule has 0 aliphatic rings. The summed E-state index contributed by atoms with van der Waals surface area (Å²) in [4.78, 5) is 16.2. The van der Waals surface area contributed by atoms with Crippen LogP contribution >= 0.6 is 11.6 Å². The molecule has 0 saturated carbocycles. The van der Waals surface area contributed by atoms with Gasteiger partial charge in [-0.2, -0.15) is 0 Å². The van der Waals surface area contributed by atoms with Crippen LogP contribution < -0.4 is 5.32 Å². The van der Waals surface area contributed by atoms with Crippen LogP contribution in [0, 0.1) is 0 Å². The second-order valence-electron chi connectivity index (χ2n) is 5.98. The lowest BCUT2D eigenvalue weighted by atomic mass is 10.1. The number of carbonyl (C=O) groups excluding carboxylic acids is 1. The lowest BCUT2D eigenvalue weighted by Crippen LogP contribution is -2.05. The van der Waals surface area contributed by atoms with E-state index in [2.05, 4.69) is 14.9 Å². The summed E-state index contributed by atoms with van der Waals surface area (Å²) in [7, 11) is 1.35. The molecule has 2 heterocycles. The number of aromatic nitrogens is 2. The number of hydrogen-bond donors (Lipinski definition) is 1. The topological polar surface area (TPSA) is 56.1 Å². The number of carbonyl (C=O) groups is 1. The van der Waals surface area contributed by atoms with Gasteiger partial charge < -0.3 is 14.6 Å². The molecular weight excluding hydrogens is 362 g/mol. The van der Waals surface area contributed by atoms with Gasteiger partial charge in [0.25, 0.3) is 0 Å². The van der Waals surface area contributed by atoms with E-state index >= 15 is 0 Å². The third-order valence-corrected chi connectivity index (χ3v) is 4.52. The number of halogens is 1. The van der Waals surface area contributed by atoms with Crippen molar-refractivity contribution in [3.63, 3.8) is 0 Å². The summed E-state index contributed by atoms with van der Waals surface area (Å²) in [6.45, 7) is 0. The van der Waals surface area contributed by atoms with Crippen LogP contribution in [0.3, 0.4) is 0 Å². The Labute approximate surface area is 161 Å². The van der Waals surface area contributed by atoms with Crippen LogP contribution in [0.25, 0.3) is 16.6 Å². The van der Waals surface area contributed by atoms with E-state index in [1.54, 1.807) is 24.4 Å². The minimum absolute atomic E-state index is 0.387. The highest BCUT2D eigenvalue weighted by Crippen LogP contribution is 2.28. The van der Waals surface area contributed by atoms with Gasteiger partial charge in [0.15, 0.2) is 0 Å². The van der Waals surface area contributed by atoms with Crippen molar-refractivity contribution in [2.45, 2.75) is 0 Å². The van der Waals surface area contributed by atoms with E-state index in [9.17, 15) is 4.79 Å². The fourth-order valence-corrected chi connectivity index (χ4v) is 3.17. The third-order valence-electron chi connectivity index (χ3n) is 4.28. The van der Waals surface area contributed by atoms with Gasteiger partial charge >= 0.3 is 5.97 Å². The Kier molecular flexibility index (Phi) is 4.52. The number of rotatable bonds is 4. The molecule has 6 heteroatoms. The Balaban J connectivity index is 1.70. The number of ether oxygens (including phenoxy) is 1. The van der Waals surface area contributed by atoms with Crippen LogP contribution in [0.2, 0.25) is 5.02 Å². The molecule has 0 atom stereocenters. The summed E-state index contributed by atoms with van der Waals surface area (Å²) < 4.78 is 6.92. The minimum Gasteiger partial charge on any atom is -0.465 e. The number of nitrogens with one attached hydrogen (secondary N) is 1. The van der Waals surface area contributed by atoms with Crippen molar-refractivity contribution in [1.82, 2.24) is 9.55 Å². The molecule has 0 bridgehead atoms. The summed E-state index contributed by atoms with van der Waals surface area (Å²) in [6, 6.07) is 17.1. The number of benzene rings is 2. The molecule has 4 aromatic rings. The van der Waals surface area contributed by atoms with Gasteiger partial charge in [-0.3, -0.25) is 4.98 Å². The van der Waals surface area contributed by atoms with E-state index in [0.717, 1.165) is 22.3 Å². The van der Waals surface area contributed by atoms with Crippen LogP contribution in [-0.2, 0) is 4.74 Å². The lowest BCUT2D eigenvalue weighted by molar-refractivity contribution is 0.0602. The molecule has 0 aliphatic carbocycles. The van der Waals surface area contributed by atoms with Crippen molar-refractivity contribution in [1.29, 1.82) is 0 Å². The Hall–Kier alpha value is -3.31. The normalized spacial score (nSPS) is 10.7. The average Bonchev–Trinajstić information content (AvgIpc) is 3.12. The number of esters is 1. The highest BCUT2D eigenvalue weighted by molar-refractivity contribution is 6.31. The first-order valence-corrected chi connectivity index (χ1v) is 8.70. The van der Waals surface area contributed by atoms with Gasteiger partial charge in [-0.1, -0.05) is 11.6 Å². The van der Waals surface area contributed by atoms with Crippen LogP contribution in [0.5, 0.6) is 0 Å². The zero-order valence-electron chi connectivity index (χ0n) is 14.5. The third kappa shape index (κ3) is 3.37. The second kappa shape index (κ2) is 7.13. The molecule has 0 unspecified atom stereocenters. The first kappa shape index (κ1) is 17.1. The number of anilines is 2. The second-order valence-corrected chi connectivity index (χ2v) is 6.41. The monoisotopic (exact) mass is 377 g/mol. The SMILES string of the molecule is COC(=O)c1cc(Cl)ccc1Nc1ccc2c(ccn2-c2cccnc2)c1. The summed E-state index contributed by atoms with van der Waals surface area (Å²) in [5.41, 5.74) is 3.95. The zero-order valence-corrected chi connectivity index (χ0v) is 15.3. The smallest absolute Gasteiger partial charge is 0.340 e. The van der Waals surface area contributed by atoms with Crippen molar-refractivity contribution in [3.8, 4) is 5.69 Å². The molecule has 0 spiro atoms. The number of pyridine rings is 1. The number of hydrogen-bond acceptors (Lipinski definition) is 4. The maximum Gasteiger partial charge on any atom is 0.340 e. The molecule has 0 saturated heterocycles. The molecule has 0 fully saturated rings. The van der Waals surface area contributed by atoms with Gasteiger partial charge in [0.05, 0.1) is 35.8 Å². The molecule has 134 valence electrons. The van der Waals surface area contributed by atoms with Gasteiger partial charge in [-0.15, -0.1) is 0 Å². The lowest BCUT2D eigenvalue weighted by Gasteiger charge is -2.12. The Morgan fingerprint density at radius 1 is 1.15 bits per heavy atom. The minimum atomic E-state index is -0.441. The van der Waals surface area contributed by atoms with Crippen LogP contribution in [0.15, 0.2) is 73.2 Å². The van der Waals surface area contributed by atoms with Crippen molar-refractivity contribution < 1.29 is 9.53 Å². The standard InChI is InChI=1S/C21H16ClN3O2/c1-27-21(26)18-12-15(22)4-6-19(18)24-16-5-7-20-14(11-16)8-10-25(20)17-3-2-9-23-13-17/h2-13,24H,1H3. The molecule has 27 heavy (non-hydrogen) atoms. The Morgan fingerprint density at radius 2 is 2.04 bits per heavy atom. The summed E-state index contributed by atoms with van der Waals surface area (Å²) >= 11 is 6.02. The summed E-state index contributed by atoms with van der Waals surface area (Å²) in [6.07, 6.45) is 5.58. The molecule has 2 aromatic carbocycles. The van der Waals surface area contributed by atoms with Gasteiger partial charge in [0.1, 0.15) is 0 Å². The van der Waals surface area contributed by atoms with Crippen molar-refractivity contribution >= 4 is 39.8 Å². The molecule has 0 radical (unpaired) electrons. The number of methoxy groups -OCH3 is 1. The quantitative estimate of drug-likeness (QED) is 0.496. The zero-order chi connectivity index (χ0) is 18.8. The molecule has 0 aliphatic heterocycles. The van der Waals surface area contributed by atoms with Crippen molar-refractivity contribution in [2.24, 2.45) is 0 Å². The fourth-order valence-electron chi connectivity index (χ4n) is 3.00.